The minimum absolute atomic E-state index is 0.0555. The topological polar surface area (TPSA) is 73.7 Å². The number of carboxylic acids is 1. The third-order valence-electron chi connectivity index (χ3n) is 4.57. The van der Waals surface area contributed by atoms with Gasteiger partial charge in [-0.1, -0.05) is 13.3 Å². The van der Waals surface area contributed by atoms with Gasteiger partial charge in [-0.3, -0.25) is 4.79 Å². The Morgan fingerprint density at radius 1 is 1.46 bits per heavy atom. The lowest BCUT2D eigenvalue weighted by Crippen LogP contribution is -2.55. The number of aliphatic hydroxyl groups is 1. The number of anilines is 1. The molecule has 0 amide bonds. The molecule has 2 N–H and O–H groups in total. The van der Waals surface area contributed by atoms with Gasteiger partial charge in [0.15, 0.2) is 0 Å². The molecule has 0 saturated carbocycles. The minimum atomic E-state index is -4.48. The number of carboxylic acid groups (broad SMARTS) is 1. The number of nitrogens with zero attached hydrogens (tertiary/aromatic N) is 2. The molecule has 1 saturated heterocycles. The van der Waals surface area contributed by atoms with Crippen LogP contribution in [0.2, 0.25) is 0 Å². The van der Waals surface area contributed by atoms with Crippen LogP contribution in [0.25, 0.3) is 0 Å². The first-order valence-electron chi connectivity index (χ1n) is 7.82. The summed E-state index contributed by atoms with van der Waals surface area (Å²) in [7, 11) is 0. The van der Waals surface area contributed by atoms with Gasteiger partial charge in [0, 0.05) is 18.8 Å². The summed E-state index contributed by atoms with van der Waals surface area (Å²) >= 11 is 0. The molecule has 1 fully saturated rings. The Balaban J connectivity index is 2.28. The average molecular weight is 346 g/mol. The molecule has 2 rings (SSSR count). The van der Waals surface area contributed by atoms with Crippen LogP contribution < -0.4 is 4.90 Å². The zero-order valence-corrected chi connectivity index (χ0v) is 13.6. The van der Waals surface area contributed by atoms with Crippen LogP contribution in [-0.2, 0) is 11.0 Å². The molecular weight excluding hydrogens is 325 g/mol. The standard InChI is InChI=1S/C16H21F3N2O3/c1-3-4-15(14(23)24)5-6-21(9-12(15)22)13-8-11(16(17,18)19)7-10(2)20-13/h7-8,12,22H,3-6,9H2,1-2H3,(H,23,24)/t12-,15-/m0/s1. The van der Waals surface area contributed by atoms with Crippen LogP contribution in [0.5, 0.6) is 0 Å². The summed E-state index contributed by atoms with van der Waals surface area (Å²) in [5, 5.41) is 19.9. The maximum absolute atomic E-state index is 12.9. The predicted molar refractivity (Wildman–Crippen MR) is 81.8 cm³/mol. The molecule has 8 heteroatoms. The van der Waals surface area contributed by atoms with Crippen LogP contribution in [0.4, 0.5) is 19.0 Å². The monoisotopic (exact) mass is 346 g/mol. The lowest BCUT2D eigenvalue weighted by atomic mass is 9.73. The van der Waals surface area contributed by atoms with Crippen LogP contribution in [0.3, 0.4) is 0 Å². The summed E-state index contributed by atoms with van der Waals surface area (Å²) in [5.41, 5.74) is -1.83. The molecule has 0 unspecified atom stereocenters. The smallest absolute Gasteiger partial charge is 0.416 e. The molecule has 0 aliphatic carbocycles. The highest BCUT2D eigenvalue weighted by atomic mass is 19.4. The van der Waals surface area contributed by atoms with Crippen LogP contribution in [0, 0.1) is 12.3 Å². The number of aliphatic carboxylic acids is 1. The third kappa shape index (κ3) is 3.48. The molecule has 0 aromatic carbocycles. The highest BCUT2D eigenvalue weighted by molar-refractivity contribution is 5.76. The predicted octanol–water partition coefficient (Wildman–Crippen LogP) is 2.85. The highest BCUT2D eigenvalue weighted by Crippen LogP contribution is 2.39. The zero-order chi connectivity index (χ0) is 18.1. The maximum atomic E-state index is 12.9. The largest absolute Gasteiger partial charge is 0.481 e. The Morgan fingerprint density at radius 3 is 2.62 bits per heavy atom. The summed E-state index contributed by atoms with van der Waals surface area (Å²) in [6, 6.07) is 1.90. The molecule has 1 aliphatic rings. The first-order chi connectivity index (χ1) is 11.1. The Kier molecular flexibility index (Phi) is 5.08. The summed E-state index contributed by atoms with van der Waals surface area (Å²) < 4.78 is 38.8. The number of halogens is 3. The number of piperidine rings is 1. The second-order valence-electron chi connectivity index (χ2n) is 6.28. The van der Waals surface area contributed by atoms with Crippen molar-refractivity contribution in [2.24, 2.45) is 5.41 Å². The Hall–Kier alpha value is -1.83. The van der Waals surface area contributed by atoms with E-state index in [1.54, 1.807) is 0 Å². The summed E-state index contributed by atoms with van der Waals surface area (Å²) in [6.07, 6.45) is -4.56. The first kappa shape index (κ1) is 18.5. The van der Waals surface area contributed by atoms with Crippen molar-refractivity contribution >= 4 is 11.8 Å². The molecule has 134 valence electrons. The summed E-state index contributed by atoms with van der Waals surface area (Å²) in [4.78, 5) is 17.2. The number of aliphatic hydroxyl groups excluding tert-OH is 1. The number of aryl methyl sites for hydroxylation is 1. The molecular formula is C16H21F3N2O3. The molecule has 0 bridgehead atoms. The number of carbonyl (C=O) groups is 1. The van der Waals surface area contributed by atoms with Crippen molar-refractivity contribution in [1.82, 2.24) is 4.98 Å². The second kappa shape index (κ2) is 6.58. The SMILES string of the molecule is CCC[C@]1(C(=O)O)CCN(c2cc(C(F)(F)F)cc(C)n2)C[C@@H]1O. The molecule has 5 nitrogen and oxygen atoms in total. The molecule has 1 aromatic rings. The van der Waals surface area contributed by atoms with E-state index in [1.165, 1.54) is 11.8 Å². The normalized spacial score (nSPS) is 24.9. The van der Waals surface area contributed by atoms with E-state index < -0.39 is 29.2 Å². The molecule has 1 aliphatic heterocycles. The fraction of sp³-hybridized carbons (Fsp3) is 0.625. The van der Waals surface area contributed by atoms with Crippen molar-refractivity contribution in [3.8, 4) is 0 Å². The number of alkyl halides is 3. The van der Waals surface area contributed by atoms with E-state index in [0.717, 1.165) is 12.1 Å². The maximum Gasteiger partial charge on any atom is 0.416 e. The van der Waals surface area contributed by atoms with Gasteiger partial charge in [-0.2, -0.15) is 13.2 Å². The molecule has 2 atom stereocenters. The van der Waals surface area contributed by atoms with E-state index in [2.05, 4.69) is 4.98 Å². The van der Waals surface area contributed by atoms with Crippen LogP contribution >= 0.6 is 0 Å². The van der Waals surface area contributed by atoms with E-state index >= 15 is 0 Å². The molecule has 2 heterocycles. The van der Waals surface area contributed by atoms with Gasteiger partial charge in [-0.25, -0.2) is 4.98 Å². The second-order valence-corrected chi connectivity index (χ2v) is 6.28. The van der Waals surface area contributed by atoms with E-state index in [1.807, 2.05) is 6.92 Å². The van der Waals surface area contributed by atoms with Gasteiger partial charge < -0.3 is 15.1 Å². The van der Waals surface area contributed by atoms with E-state index in [-0.39, 0.29) is 31.0 Å². The van der Waals surface area contributed by atoms with Gasteiger partial charge in [0.2, 0.25) is 0 Å². The molecule has 1 aromatic heterocycles. The van der Waals surface area contributed by atoms with Gasteiger partial charge in [-0.15, -0.1) is 0 Å². The summed E-state index contributed by atoms with van der Waals surface area (Å²) in [5.74, 6) is -0.957. The van der Waals surface area contributed by atoms with Gasteiger partial charge in [0.1, 0.15) is 5.82 Å². The van der Waals surface area contributed by atoms with Crippen molar-refractivity contribution in [1.29, 1.82) is 0 Å². The van der Waals surface area contributed by atoms with Crippen molar-refractivity contribution in [3.05, 3.63) is 23.4 Å². The number of hydrogen-bond acceptors (Lipinski definition) is 4. The van der Waals surface area contributed by atoms with Gasteiger partial charge in [-0.05, 0) is 31.9 Å². The van der Waals surface area contributed by atoms with Crippen molar-refractivity contribution in [2.45, 2.75) is 45.4 Å². The van der Waals surface area contributed by atoms with E-state index in [9.17, 15) is 28.2 Å². The van der Waals surface area contributed by atoms with Crippen molar-refractivity contribution < 1.29 is 28.2 Å². The Morgan fingerprint density at radius 2 is 2.12 bits per heavy atom. The average Bonchev–Trinajstić information content (AvgIpc) is 2.47. The Labute approximate surface area is 138 Å². The van der Waals surface area contributed by atoms with Crippen molar-refractivity contribution in [2.75, 3.05) is 18.0 Å². The van der Waals surface area contributed by atoms with Gasteiger partial charge >= 0.3 is 12.1 Å². The molecule has 0 radical (unpaired) electrons. The van der Waals surface area contributed by atoms with Crippen molar-refractivity contribution in [3.63, 3.8) is 0 Å². The fourth-order valence-corrected chi connectivity index (χ4v) is 3.25. The number of pyridine rings is 1. The highest BCUT2D eigenvalue weighted by Gasteiger charge is 2.48. The Bertz CT molecular complexity index is 621. The molecule has 24 heavy (non-hydrogen) atoms. The third-order valence-corrected chi connectivity index (χ3v) is 4.57. The van der Waals surface area contributed by atoms with E-state index in [0.29, 0.717) is 12.8 Å². The quantitative estimate of drug-likeness (QED) is 0.877. The summed E-state index contributed by atoms with van der Waals surface area (Å²) in [6.45, 7) is 3.48. The van der Waals surface area contributed by atoms with Gasteiger partial charge in [0.25, 0.3) is 0 Å². The van der Waals surface area contributed by atoms with Gasteiger partial charge in [0.05, 0.1) is 17.1 Å². The lowest BCUT2D eigenvalue weighted by Gasteiger charge is -2.43. The number of aromatic nitrogens is 1. The van der Waals surface area contributed by atoms with Crippen LogP contribution in [0.15, 0.2) is 12.1 Å². The van der Waals surface area contributed by atoms with Crippen LogP contribution in [-0.4, -0.2) is 40.4 Å². The zero-order valence-electron chi connectivity index (χ0n) is 13.6. The number of rotatable bonds is 4. The van der Waals surface area contributed by atoms with E-state index in [4.69, 9.17) is 0 Å². The number of hydrogen-bond donors (Lipinski definition) is 2. The lowest BCUT2D eigenvalue weighted by molar-refractivity contribution is -0.159. The minimum Gasteiger partial charge on any atom is -0.481 e. The molecule has 0 spiro atoms. The van der Waals surface area contributed by atoms with Crippen LogP contribution in [0.1, 0.15) is 37.4 Å². The fourth-order valence-electron chi connectivity index (χ4n) is 3.25. The number of β-amino-alcohol motifs (C(OH)–C–C–N with tert-alkyl or cyclic N) is 1. The first-order valence-corrected chi connectivity index (χ1v) is 7.82.